The van der Waals surface area contributed by atoms with Gasteiger partial charge in [-0.1, -0.05) is 26.0 Å². The minimum atomic E-state index is -0.895. The summed E-state index contributed by atoms with van der Waals surface area (Å²) in [5.74, 6) is -0.331. The van der Waals surface area contributed by atoms with Crippen molar-refractivity contribution in [2.24, 2.45) is 11.8 Å². The number of carboxylic acids is 1. The summed E-state index contributed by atoms with van der Waals surface area (Å²) in [6.07, 6.45) is 4.66. The van der Waals surface area contributed by atoms with Gasteiger partial charge in [0.1, 0.15) is 0 Å². The average Bonchev–Trinajstić information content (AvgIpc) is 1.98. The summed E-state index contributed by atoms with van der Waals surface area (Å²) in [6.45, 7) is 7.60. The molecule has 0 aromatic carbocycles. The van der Waals surface area contributed by atoms with Gasteiger partial charge in [0.05, 0.1) is 0 Å². The molecule has 0 saturated carbocycles. The van der Waals surface area contributed by atoms with E-state index in [-0.39, 0.29) is 5.92 Å². The number of hydrogen-bond donors (Lipinski definition) is 1. The number of allylic oxidation sites excluding steroid dienone is 2. The van der Waals surface area contributed by atoms with Crippen molar-refractivity contribution in [1.29, 1.82) is 0 Å². The highest BCUT2D eigenvalue weighted by Gasteiger charge is 2.03. The van der Waals surface area contributed by atoms with Gasteiger partial charge in [-0.25, -0.2) is 4.79 Å². The van der Waals surface area contributed by atoms with Crippen LogP contribution in [0.5, 0.6) is 0 Å². The Balaban J connectivity index is 3.94. The first-order valence-electron chi connectivity index (χ1n) is 3.61. The summed E-state index contributed by atoms with van der Waals surface area (Å²) < 4.78 is 0. The molecule has 0 aliphatic carbocycles. The molecule has 0 amide bonds. The van der Waals surface area contributed by atoms with Crippen molar-refractivity contribution in [2.75, 3.05) is 0 Å². The third-order valence-corrected chi connectivity index (χ3v) is 1.74. The van der Waals surface area contributed by atoms with Crippen molar-refractivity contribution >= 4 is 5.97 Å². The van der Waals surface area contributed by atoms with E-state index in [4.69, 9.17) is 5.11 Å². The highest BCUT2D eigenvalue weighted by Crippen LogP contribution is 2.12. The van der Waals surface area contributed by atoms with Gasteiger partial charge in [0.25, 0.3) is 0 Å². The molecule has 0 aliphatic rings. The van der Waals surface area contributed by atoms with E-state index in [1.54, 1.807) is 6.08 Å². The predicted molar refractivity (Wildman–Crippen MR) is 45.3 cm³/mol. The van der Waals surface area contributed by atoms with Crippen LogP contribution in [0.4, 0.5) is 0 Å². The topological polar surface area (TPSA) is 37.3 Å². The van der Waals surface area contributed by atoms with Gasteiger partial charge in [-0.3, -0.25) is 0 Å². The van der Waals surface area contributed by atoms with Crippen molar-refractivity contribution in [3.63, 3.8) is 0 Å². The second-order valence-electron chi connectivity index (χ2n) is 2.65. The molecule has 0 unspecified atom stereocenters. The van der Waals surface area contributed by atoms with E-state index in [9.17, 15) is 4.79 Å². The zero-order valence-electron chi connectivity index (χ0n) is 6.95. The second-order valence-corrected chi connectivity index (χ2v) is 2.65. The third-order valence-electron chi connectivity index (χ3n) is 1.74. The number of carbonyl (C=O) groups is 1. The first-order chi connectivity index (χ1) is 5.07. The van der Waals surface area contributed by atoms with E-state index in [0.717, 1.165) is 0 Å². The zero-order valence-corrected chi connectivity index (χ0v) is 6.95. The quantitative estimate of drug-likeness (QED) is 0.497. The molecule has 0 rings (SSSR count). The van der Waals surface area contributed by atoms with Gasteiger partial charge >= 0.3 is 5.97 Å². The van der Waals surface area contributed by atoms with Crippen molar-refractivity contribution in [1.82, 2.24) is 0 Å². The molecule has 0 heterocycles. The fourth-order valence-electron chi connectivity index (χ4n) is 0.624. The van der Waals surface area contributed by atoms with Gasteiger partial charge in [-0.15, -0.1) is 6.58 Å². The second kappa shape index (κ2) is 4.72. The van der Waals surface area contributed by atoms with Gasteiger partial charge in [0.15, 0.2) is 0 Å². The van der Waals surface area contributed by atoms with Gasteiger partial charge in [-0.05, 0) is 11.8 Å². The molecule has 0 bridgehead atoms. The molecule has 0 saturated heterocycles. The van der Waals surface area contributed by atoms with E-state index in [0.29, 0.717) is 5.92 Å². The SMILES string of the molecule is C=C[C@H](C)[C@@H](C)/C=C/C(=O)O. The molecule has 0 aliphatic heterocycles. The van der Waals surface area contributed by atoms with Crippen LogP contribution in [-0.4, -0.2) is 11.1 Å². The summed E-state index contributed by atoms with van der Waals surface area (Å²) >= 11 is 0. The molecule has 0 aromatic rings. The summed E-state index contributed by atoms with van der Waals surface area (Å²) in [7, 11) is 0. The lowest BCUT2D eigenvalue weighted by atomic mass is 9.96. The maximum atomic E-state index is 10.1. The zero-order chi connectivity index (χ0) is 8.85. The lowest BCUT2D eigenvalue weighted by Crippen LogP contribution is -2.02. The molecular formula is C9H14O2. The molecule has 11 heavy (non-hydrogen) atoms. The third kappa shape index (κ3) is 4.37. The van der Waals surface area contributed by atoms with Crippen molar-refractivity contribution in [3.8, 4) is 0 Å². The van der Waals surface area contributed by atoms with Crippen LogP contribution in [0.2, 0.25) is 0 Å². The Bertz CT molecular complexity index is 170. The Morgan fingerprint density at radius 2 is 2.00 bits per heavy atom. The van der Waals surface area contributed by atoms with Gasteiger partial charge in [0, 0.05) is 6.08 Å². The minimum absolute atomic E-state index is 0.239. The van der Waals surface area contributed by atoms with Gasteiger partial charge in [0.2, 0.25) is 0 Å². The standard InChI is InChI=1S/C9H14O2/c1-4-7(2)8(3)5-6-9(10)11/h4-8H,1H2,2-3H3,(H,10,11)/b6-5+/t7-,8-/m0/s1. The molecule has 0 spiro atoms. The molecular weight excluding hydrogens is 140 g/mol. The fraction of sp³-hybridized carbons (Fsp3) is 0.444. The van der Waals surface area contributed by atoms with Crippen molar-refractivity contribution in [3.05, 3.63) is 24.8 Å². The Hall–Kier alpha value is -1.05. The van der Waals surface area contributed by atoms with Crippen LogP contribution in [0.1, 0.15) is 13.8 Å². The van der Waals surface area contributed by atoms with Crippen LogP contribution in [-0.2, 0) is 4.79 Å². The predicted octanol–water partition coefficient (Wildman–Crippen LogP) is 2.09. The lowest BCUT2D eigenvalue weighted by Gasteiger charge is -2.09. The molecule has 2 heteroatoms. The first-order valence-corrected chi connectivity index (χ1v) is 3.61. The molecule has 0 fully saturated rings. The van der Waals surface area contributed by atoms with Crippen LogP contribution in [0.3, 0.4) is 0 Å². The Morgan fingerprint density at radius 3 is 2.36 bits per heavy atom. The normalized spacial score (nSPS) is 16.2. The summed E-state index contributed by atoms with van der Waals surface area (Å²) in [5.41, 5.74) is 0. The van der Waals surface area contributed by atoms with Crippen molar-refractivity contribution < 1.29 is 9.90 Å². The van der Waals surface area contributed by atoms with Crippen LogP contribution >= 0.6 is 0 Å². The average molecular weight is 154 g/mol. The Labute approximate surface area is 67.2 Å². The van der Waals surface area contributed by atoms with Crippen molar-refractivity contribution in [2.45, 2.75) is 13.8 Å². The number of carboxylic acid groups (broad SMARTS) is 1. The first kappa shape index (κ1) is 9.95. The van der Waals surface area contributed by atoms with E-state index < -0.39 is 5.97 Å². The summed E-state index contributed by atoms with van der Waals surface area (Å²) in [4.78, 5) is 10.1. The van der Waals surface area contributed by atoms with Crippen LogP contribution < -0.4 is 0 Å². The maximum Gasteiger partial charge on any atom is 0.327 e. The smallest absolute Gasteiger partial charge is 0.327 e. The molecule has 0 radical (unpaired) electrons. The molecule has 2 atom stereocenters. The fourth-order valence-corrected chi connectivity index (χ4v) is 0.624. The van der Waals surface area contributed by atoms with Gasteiger partial charge < -0.3 is 5.11 Å². The van der Waals surface area contributed by atoms with Crippen LogP contribution in [0.15, 0.2) is 24.8 Å². The minimum Gasteiger partial charge on any atom is -0.478 e. The number of aliphatic carboxylic acids is 1. The summed E-state index contributed by atoms with van der Waals surface area (Å²) in [6, 6.07) is 0. The number of rotatable bonds is 4. The molecule has 2 nitrogen and oxygen atoms in total. The van der Waals surface area contributed by atoms with Gasteiger partial charge in [-0.2, -0.15) is 0 Å². The molecule has 62 valence electrons. The molecule has 1 N–H and O–H groups in total. The molecule has 0 aromatic heterocycles. The highest BCUT2D eigenvalue weighted by atomic mass is 16.4. The summed E-state index contributed by atoms with van der Waals surface area (Å²) in [5, 5.41) is 8.30. The lowest BCUT2D eigenvalue weighted by molar-refractivity contribution is -0.131. The van der Waals surface area contributed by atoms with E-state index in [2.05, 4.69) is 6.58 Å². The largest absolute Gasteiger partial charge is 0.478 e. The Kier molecular flexibility index (Phi) is 4.27. The van der Waals surface area contributed by atoms with E-state index in [1.807, 2.05) is 19.9 Å². The van der Waals surface area contributed by atoms with Crippen LogP contribution in [0.25, 0.3) is 0 Å². The highest BCUT2D eigenvalue weighted by molar-refractivity contribution is 5.79. The van der Waals surface area contributed by atoms with Crippen LogP contribution in [0, 0.1) is 11.8 Å². The van der Waals surface area contributed by atoms with E-state index >= 15 is 0 Å². The Morgan fingerprint density at radius 1 is 1.45 bits per heavy atom. The maximum absolute atomic E-state index is 10.1. The number of hydrogen-bond acceptors (Lipinski definition) is 1. The monoisotopic (exact) mass is 154 g/mol. The van der Waals surface area contributed by atoms with E-state index in [1.165, 1.54) is 6.08 Å².